The van der Waals surface area contributed by atoms with Gasteiger partial charge < -0.3 is 4.90 Å². The Labute approximate surface area is 159 Å². The largest absolute Gasteiger partial charge is 0.356 e. The van der Waals surface area contributed by atoms with Crippen molar-refractivity contribution in [3.05, 3.63) is 46.7 Å². The Kier molecular flexibility index (Phi) is 4.39. The lowest BCUT2D eigenvalue weighted by atomic mass is 9.92. The number of anilines is 1. The number of benzene rings is 1. The van der Waals surface area contributed by atoms with Crippen molar-refractivity contribution in [3.8, 4) is 11.1 Å². The molecule has 3 aromatic rings. The first-order valence-corrected chi connectivity index (χ1v) is 9.68. The van der Waals surface area contributed by atoms with Gasteiger partial charge in [0, 0.05) is 35.4 Å². The van der Waals surface area contributed by atoms with Gasteiger partial charge in [-0.3, -0.25) is 0 Å². The number of aryl methyl sites for hydroxylation is 2. The number of rotatable bonds is 2. The number of hydrogen-bond acceptors (Lipinski definition) is 3. The fourth-order valence-electron chi connectivity index (χ4n) is 4.26. The van der Waals surface area contributed by atoms with Gasteiger partial charge in [0.1, 0.15) is 5.82 Å². The Hall–Kier alpha value is -2.07. The number of piperidine rings is 1. The van der Waals surface area contributed by atoms with Gasteiger partial charge in [-0.1, -0.05) is 37.6 Å². The minimum Gasteiger partial charge on any atom is -0.356 e. The molecule has 0 spiro atoms. The molecule has 0 radical (unpaired) electrons. The van der Waals surface area contributed by atoms with Crippen molar-refractivity contribution in [1.29, 1.82) is 0 Å². The molecular weight excluding hydrogens is 344 g/mol. The van der Waals surface area contributed by atoms with Crippen molar-refractivity contribution >= 4 is 23.1 Å². The minimum atomic E-state index is 0.690. The highest BCUT2D eigenvalue weighted by Crippen LogP contribution is 2.32. The van der Waals surface area contributed by atoms with Crippen LogP contribution < -0.4 is 4.90 Å². The van der Waals surface area contributed by atoms with Crippen molar-refractivity contribution in [2.24, 2.45) is 11.8 Å². The lowest BCUT2D eigenvalue weighted by Gasteiger charge is -2.36. The van der Waals surface area contributed by atoms with Crippen LogP contribution in [0.2, 0.25) is 5.02 Å². The molecular formula is C21H25ClN4. The third-order valence-corrected chi connectivity index (χ3v) is 5.45. The normalized spacial score (nSPS) is 20.7. The molecule has 2 unspecified atom stereocenters. The first-order chi connectivity index (χ1) is 12.4. The first-order valence-electron chi connectivity index (χ1n) is 9.30. The van der Waals surface area contributed by atoms with E-state index in [1.807, 2.05) is 28.8 Å². The van der Waals surface area contributed by atoms with Crippen LogP contribution in [0.15, 0.2) is 30.3 Å². The smallest absolute Gasteiger partial charge is 0.165 e. The van der Waals surface area contributed by atoms with Gasteiger partial charge in [-0.2, -0.15) is 9.61 Å². The van der Waals surface area contributed by atoms with E-state index < -0.39 is 0 Å². The predicted octanol–water partition coefficient (Wildman–Crippen LogP) is 5.15. The molecule has 2 aromatic heterocycles. The molecule has 1 fully saturated rings. The van der Waals surface area contributed by atoms with Crippen LogP contribution >= 0.6 is 11.6 Å². The Morgan fingerprint density at radius 2 is 1.69 bits per heavy atom. The molecule has 0 aliphatic carbocycles. The maximum atomic E-state index is 6.07. The van der Waals surface area contributed by atoms with Crippen LogP contribution in [0.4, 0.5) is 5.82 Å². The first kappa shape index (κ1) is 17.3. The van der Waals surface area contributed by atoms with E-state index in [9.17, 15) is 0 Å². The Morgan fingerprint density at radius 3 is 2.35 bits per heavy atom. The molecule has 1 aliphatic heterocycles. The fourth-order valence-corrected chi connectivity index (χ4v) is 4.38. The Morgan fingerprint density at radius 1 is 1.04 bits per heavy atom. The molecule has 1 saturated heterocycles. The van der Waals surface area contributed by atoms with Crippen LogP contribution in [0, 0.1) is 25.7 Å². The van der Waals surface area contributed by atoms with Crippen molar-refractivity contribution < 1.29 is 0 Å². The molecule has 4 nitrogen and oxygen atoms in total. The van der Waals surface area contributed by atoms with Gasteiger partial charge in [0.25, 0.3) is 0 Å². The van der Waals surface area contributed by atoms with Gasteiger partial charge in [0.2, 0.25) is 0 Å². The number of aromatic nitrogens is 3. The van der Waals surface area contributed by atoms with Gasteiger partial charge in [-0.25, -0.2) is 4.98 Å². The summed E-state index contributed by atoms with van der Waals surface area (Å²) in [7, 11) is 0. The van der Waals surface area contributed by atoms with E-state index >= 15 is 0 Å². The lowest BCUT2D eigenvalue weighted by molar-refractivity contribution is 0.354. The molecule has 0 saturated carbocycles. The van der Waals surface area contributed by atoms with Gasteiger partial charge in [0.05, 0.1) is 5.69 Å². The Balaban J connectivity index is 1.88. The highest BCUT2D eigenvalue weighted by atomic mass is 35.5. The molecule has 136 valence electrons. The zero-order chi connectivity index (χ0) is 18.4. The second kappa shape index (κ2) is 6.58. The van der Waals surface area contributed by atoms with Gasteiger partial charge in [-0.05, 0) is 49.8 Å². The molecule has 26 heavy (non-hydrogen) atoms. The minimum absolute atomic E-state index is 0.690. The van der Waals surface area contributed by atoms with E-state index in [0.29, 0.717) is 11.8 Å². The molecule has 5 heteroatoms. The maximum Gasteiger partial charge on any atom is 0.165 e. The summed E-state index contributed by atoms with van der Waals surface area (Å²) in [6, 6.07) is 10.1. The number of hydrogen-bond donors (Lipinski definition) is 0. The molecule has 0 bridgehead atoms. The summed E-state index contributed by atoms with van der Waals surface area (Å²) in [6.07, 6.45) is 1.29. The van der Waals surface area contributed by atoms with E-state index in [0.717, 1.165) is 52.1 Å². The van der Waals surface area contributed by atoms with E-state index in [-0.39, 0.29) is 0 Å². The summed E-state index contributed by atoms with van der Waals surface area (Å²) in [6.45, 7) is 10.9. The summed E-state index contributed by atoms with van der Waals surface area (Å²) in [4.78, 5) is 7.30. The summed E-state index contributed by atoms with van der Waals surface area (Å²) in [5.41, 5.74) is 5.13. The molecule has 3 heterocycles. The molecule has 2 atom stereocenters. The second-order valence-corrected chi connectivity index (χ2v) is 8.25. The summed E-state index contributed by atoms with van der Waals surface area (Å²) in [5, 5.41) is 5.60. The van der Waals surface area contributed by atoms with Crippen LogP contribution in [0.5, 0.6) is 0 Å². The highest BCUT2D eigenvalue weighted by Gasteiger charge is 2.25. The average molecular weight is 369 g/mol. The van der Waals surface area contributed by atoms with E-state index in [1.54, 1.807) is 0 Å². The van der Waals surface area contributed by atoms with Gasteiger partial charge in [0.15, 0.2) is 5.65 Å². The quantitative estimate of drug-likeness (QED) is 0.627. The lowest BCUT2D eigenvalue weighted by Crippen LogP contribution is -2.39. The average Bonchev–Trinajstić information content (AvgIpc) is 2.90. The summed E-state index contributed by atoms with van der Waals surface area (Å²) in [5.74, 6) is 2.53. The van der Waals surface area contributed by atoms with Crippen LogP contribution in [0.25, 0.3) is 16.8 Å². The van der Waals surface area contributed by atoms with Crippen molar-refractivity contribution in [1.82, 2.24) is 14.6 Å². The third kappa shape index (κ3) is 3.07. The zero-order valence-electron chi connectivity index (χ0n) is 15.8. The molecule has 0 N–H and O–H groups in total. The molecule has 4 rings (SSSR count). The molecule has 0 amide bonds. The standard InChI is InChI=1S/C21H25ClN4/c1-13-9-14(2)12-25(11-13)19-10-15(3)23-21-20(16(4)24-26(19)21)17-5-7-18(22)8-6-17/h5-8,10,13-14H,9,11-12H2,1-4H3. The van der Waals surface area contributed by atoms with Crippen LogP contribution in [-0.4, -0.2) is 27.7 Å². The van der Waals surface area contributed by atoms with Gasteiger partial charge in [-0.15, -0.1) is 0 Å². The van der Waals surface area contributed by atoms with Crippen molar-refractivity contribution in [2.45, 2.75) is 34.1 Å². The number of nitrogens with zero attached hydrogens (tertiary/aromatic N) is 4. The maximum absolute atomic E-state index is 6.07. The highest BCUT2D eigenvalue weighted by molar-refractivity contribution is 6.30. The zero-order valence-corrected chi connectivity index (χ0v) is 16.6. The predicted molar refractivity (Wildman–Crippen MR) is 108 cm³/mol. The molecule has 1 aliphatic rings. The summed E-state index contributed by atoms with van der Waals surface area (Å²) < 4.78 is 2.02. The fraction of sp³-hybridized carbons (Fsp3) is 0.429. The number of fused-ring (bicyclic) bond motifs is 1. The monoisotopic (exact) mass is 368 g/mol. The number of halogens is 1. The molecule has 1 aromatic carbocycles. The van der Waals surface area contributed by atoms with Crippen molar-refractivity contribution in [3.63, 3.8) is 0 Å². The van der Waals surface area contributed by atoms with Crippen LogP contribution in [0.3, 0.4) is 0 Å². The second-order valence-electron chi connectivity index (χ2n) is 7.81. The van der Waals surface area contributed by atoms with E-state index in [4.69, 9.17) is 21.7 Å². The van der Waals surface area contributed by atoms with E-state index in [2.05, 4.69) is 38.7 Å². The van der Waals surface area contributed by atoms with E-state index in [1.165, 1.54) is 6.42 Å². The SMILES string of the molecule is Cc1cc(N2CC(C)CC(C)C2)n2nc(C)c(-c3ccc(Cl)cc3)c2n1. The Bertz CT molecular complexity index is 935. The topological polar surface area (TPSA) is 33.4 Å². The van der Waals surface area contributed by atoms with Crippen LogP contribution in [0.1, 0.15) is 31.7 Å². The summed E-state index contributed by atoms with van der Waals surface area (Å²) >= 11 is 6.07. The van der Waals surface area contributed by atoms with Crippen LogP contribution in [-0.2, 0) is 0 Å². The third-order valence-electron chi connectivity index (χ3n) is 5.20. The van der Waals surface area contributed by atoms with Crippen molar-refractivity contribution in [2.75, 3.05) is 18.0 Å². The van der Waals surface area contributed by atoms with Gasteiger partial charge >= 0.3 is 0 Å².